The molecule has 0 saturated heterocycles. The van der Waals surface area contributed by atoms with Crippen LogP contribution in [0.1, 0.15) is 61.4 Å². The van der Waals surface area contributed by atoms with Crippen molar-refractivity contribution in [3.8, 4) is 17.0 Å². The van der Waals surface area contributed by atoms with Crippen LogP contribution in [0.15, 0.2) is 42.5 Å². The number of rotatable bonds is 17. The number of amides is 1. The van der Waals surface area contributed by atoms with Gasteiger partial charge < -0.3 is 23.7 Å². The lowest BCUT2D eigenvalue weighted by Gasteiger charge is -2.21. The monoisotopic (exact) mass is 598 g/mol. The van der Waals surface area contributed by atoms with Crippen LogP contribution in [-0.2, 0) is 21.3 Å². The van der Waals surface area contributed by atoms with Crippen LogP contribution in [0.3, 0.4) is 0 Å². The molecule has 1 aromatic heterocycles. The fourth-order valence-electron chi connectivity index (χ4n) is 5.29. The smallest absolute Gasteiger partial charge is 0.337 e. The van der Waals surface area contributed by atoms with E-state index >= 15 is 0 Å². The summed E-state index contributed by atoms with van der Waals surface area (Å²) in [6, 6.07) is 13.6. The first-order valence-corrected chi connectivity index (χ1v) is 15.4. The number of para-hydroxylation sites is 1. The molecule has 0 fully saturated rings. The summed E-state index contributed by atoms with van der Waals surface area (Å²) in [7, 11) is 7.07. The van der Waals surface area contributed by atoms with Crippen molar-refractivity contribution < 1.29 is 23.8 Å². The van der Waals surface area contributed by atoms with E-state index in [0.29, 0.717) is 43.5 Å². The number of hydrogen-bond acceptors (Lipinski definition) is 8. The van der Waals surface area contributed by atoms with E-state index < -0.39 is 0 Å². The molecule has 0 aliphatic heterocycles. The molecular weight excluding hydrogens is 552 g/mol. The summed E-state index contributed by atoms with van der Waals surface area (Å²) in [5.74, 6) is 0.494. The fourth-order valence-corrected chi connectivity index (χ4v) is 5.47. The molecule has 0 atom stereocenters. The van der Waals surface area contributed by atoms with Crippen LogP contribution in [0.25, 0.3) is 22.2 Å². The maximum Gasteiger partial charge on any atom is 0.337 e. The van der Waals surface area contributed by atoms with Gasteiger partial charge in [0.2, 0.25) is 0 Å². The number of hydrogen-bond donors (Lipinski definition) is 1. The predicted molar refractivity (Wildman–Crippen MR) is 171 cm³/mol. The molecular formula is C32H46N4O5S. The summed E-state index contributed by atoms with van der Waals surface area (Å²) in [6.07, 6.45) is 4.22. The molecule has 0 radical (unpaired) electrons. The lowest BCUT2D eigenvalue weighted by Crippen LogP contribution is -2.34. The fraction of sp³-hybridized carbons (Fsp3) is 0.500. The van der Waals surface area contributed by atoms with Gasteiger partial charge in [0.25, 0.3) is 5.91 Å². The molecule has 1 amide bonds. The lowest BCUT2D eigenvalue weighted by atomic mass is 9.86. The Kier molecular flexibility index (Phi) is 13.2. The van der Waals surface area contributed by atoms with Gasteiger partial charge in [0.15, 0.2) is 6.61 Å². The Labute approximate surface area is 254 Å². The summed E-state index contributed by atoms with van der Waals surface area (Å²) >= 11 is 1.16. The predicted octanol–water partition coefficient (Wildman–Crippen LogP) is 5.62. The zero-order valence-electron chi connectivity index (χ0n) is 25.9. The number of ether oxygens (including phenoxy) is 3. The van der Waals surface area contributed by atoms with Gasteiger partial charge in [-0.25, -0.2) is 9.10 Å². The number of benzene rings is 2. The van der Waals surface area contributed by atoms with Gasteiger partial charge in [0, 0.05) is 55.8 Å². The Morgan fingerprint density at radius 3 is 2.38 bits per heavy atom. The van der Waals surface area contributed by atoms with Gasteiger partial charge in [0.1, 0.15) is 5.75 Å². The van der Waals surface area contributed by atoms with Crippen LogP contribution in [0.5, 0.6) is 5.75 Å². The normalized spacial score (nSPS) is 11.5. The van der Waals surface area contributed by atoms with Crippen molar-refractivity contribution >= 4 is 34.9 Å². The highest BCUT2D eigenvalue weighted by Gasteiger charge is 2.26. The second-order valence-electron chi connectivity index (χ2n) is 10.5. The first-order chi connectivity index (χ1) is 20.3. The molecule has 0 aliphatic rings. The van der Waals surface area contributed by atoms with Gasteiger partial charge in [-0.3, -0.25) is 9.93 Å². The highest BCUT2D eigenvalue weighted by atomic mass is 32.2. The Morgan fingerprint density at radius 2 is 1.71 bits per heavy atom. The van der Waals surface area contributed by atoms with Crippen LogP contribution < -0.4 is 9.88 Å². The number of esters is 1. The van der Waals surface area contributed by atoms with E-state index in [1.807, 2.05) is 60.9 Å². The molecule has 0 aliphatic carbocycles. The van der Waals surface area contributed by atoms with Crippen LogP contribution in [0, 0.1) is 0 Å². The Morgan fingerprint density at radius 1 is 1.02 bits per heavy atom. The van der Waals surface area contributed by atoms with E-state index in [9.17, 15) is 9.59 Å². The summed E-state index contributed by atoms with van der Waals surface area (Å²) in [6.45, 7) is 6.49. The first-order valence-electron chi connectivity index (χ1n) is 14.6. The van der Waals surface area contributed by atoms with E-state index in [2.05, 4.69) is 18.4 Å². The molecule has 9 nitrogen and oxygen atoms in total. The topological polar surface area (TPSA) is 99.3 Å². The second-order valence-corrected chi connectivity index (χ2v) is 11.3. The number of aryl methyl sites for hydroxylation is 1. The van der Waals surface area contributed by atoms with E-state index in [1.54, 1.807) is 11.9 Å². The average molecular weight is 599 g/mol. The van der Waals surface area contributed by atoms with Gasteiger partial charge in [-0.05, 0) is 55.6 Å². The van der Waals surface area contributed by atoms with Crippen molar-refractivity contribution in [3.05, 3.63) is 53.6 Å². The Hall–Kier alpha value is -3.05. The van der Waals surface area contributed by atoms with Crippen molar-refractivity contribution in [2.45, 2.75) is 45.4 Å². The van der Waals surface area contributed by atoms with Crippen LogP contribution in [0.4, 0.5) is 0 Å². The number of fused-ring (bicyclic) bond motifs is 1. The number of aromatic nitrogens is 1. The SMILES string of the molecule is CCCC(CCC)c1c(-c2ccccc2OCC(=O)N(C)CCOCCN(C)SN)n(C)c2cc(C(=O)OC)ccc12. The van der Waals surface area contributed by atoms with Crippen LogP contribution in [0.2, 0.25) is 0 Å². The molecule has 0 unspecified atom stereocenters. The molecule has 2 N–H and O–H groups in total. The molecule has 0 saturated carbocycles. The minimum atomic E-state index is -0.362. The number of nitrogens with two attached hydrogens (primary N) is 1. The third-order valence-corrected chi connectivity index (χ3v) is 8.11. The highest BCUT2D eigenvalue weighted by molar-refractivity contribution is 7.94. The number of carbonyl (C=O) groups is 2. The van der Waals surface area contributed by atoms with Crippen LogP contribution in [-0.4, -0.2) is 79.8 Å². The van der Waals surface area contributed by atoms with Crippen molar-refractivity contribution in [2.24, 2.45) is 12.2 Å². The van der Waals surface area contributed by atoms with Crippen LogP contribution >= 0.6 is 12.1 Å². The Balaban J connectivity index is 1.90. The van der Waals surface area contributed by atoms with E-state index in [4.69, 9.17) is 19.3 Å². The van der Waals surface area contributed by atoms with Gasteiger partial charge in [-0.15, -0.1) is 0 Å². The van der Waals surface area contributed by atoms with E-state index in [0.717, 1.165) is 60.0 Å². The third-order valence-electron chi connectivity index (χ3n) is 7.56. The minimum Gasteiger partial charge on any atom is -0.483 e. The lowest BCUT2D eigenvalue weighted by molar-refractivity contribution is -0.132. The number of methoxy groups -OCH3 is 1. The first kappa shape index (κ1) is 33.5. The average Bonchev–Trinajstić information content (AvgIpc) is 3.29. The molecule has 3 aromatic rings. The van der Waals surface area contributed by atoms with Crippen molar-refractivity contribution in [1.29, 1.82) is 0 Å². The second kappa shape index (κ2) is 16.6. The van der Waals surface area contributed by atoms with Gasteiger partial charge in [-0.2, -0.15) is 0 Å². The number of nitrogens with zero attached hydrogens (tertiary/aromatic N) is 3. The summed E-state index contributed by atoms with van der Waals surface area (Å²) < 4.78 is 20.8. The highest BCUT2D eigenvalue weighted by Crippen LogP contribution is 2.44. The number of carbonyl (C=O) groups excluding carboxylic acids is 2. The molecule has 3 rings (SSSR count). The minimum absolute atomic E-state index is 0.0841. The summed E-state index contributed by atoms with van der Waals surface area (Å²) in [5, 5.41) is 6.62. The third kappa shape index (κ3) is 8.28. The number of likely N-dealkylation sites (N-methyl/N-ethyl adjacent to an activating group) is 2. The Bertz CT molecular complexity index is 1320. The van der Waals surface area contributed by atoms with Gasteiger partial charge >= 0.3 is 5.97 Å². The maximum atomic E-state index is 12.9. The molecule has 10 heteroatoms. The molecule has 1 heterocycles. The zero-order valence-corrected chi connectivity index (χ0v) is 26.7. The van der Waals surface area contributed by atoms with E-state index in [1.165, 1.54) is 12.7 Å². The zero-order chi connectivity index (χ0) is 30.6. The summed E-state index contributed by atoms with van der Waals surface area (Å²) in [5.41, 5.74) is 4.69. The van der Waals surface area contributed by atoms with E-state index in [-0.39, 0.29) is 18.5 Å². The van der Waals surface area contributed by atoms with Gasteiger partial charge in [0.05, 0.1) is 31.6 Å². The van der Waals surface area contributed by atoms with Crippen molar-refractivity contribution in [1.82, 2.24) is 13.8 Å². The molecule has 0 bridgehead atoms. The van der Waals surface area contributed by atoms with Crippen molar-refractivity contribution in [3.63, 3.8) is 0 Å². The van der Waals surface area contributed by atoms with Crippen molar-refractivity contribution in [2.75, 3.05) is 54.1 Å². The largest absolute Gasteiger partial charge is 0.483 e. The summed E-state index contributed by atoms with van der Waals surface area (Å²) in [4.78, 5) is 26.9. The standard InChI is InChI=1S/C32H46N4O5S/c1-7-11-23(12-8-2)30-25-16-15-24(32(38)39-6)21-27(25)36(5)31(30)26-13-9-10-14-28(26)41-22-29(37)34(3)17-19-40-20-18-35(4)42-33/h9-10,13-16,21,23H,7-8,11-12,17-20,22,33H2,1-6H3. The van der Waals surface area contributed by atoms with Gasteiger partial charge in [-0.1, -0.05) is 44.9 Å². The molecule has 0 spiro atoms. The maximum absolute atomic E-state index is 12.9. The molecule has 42 heavy (non-hydrogen) atoms. The molecule has 2 aromatic carbocycles. The quantitative estimate of drug-likeness (QED) is 0.121. The molecule has 230 valence electrons.